The Bertz CT molecular complexity index is 1500. The van der Waals surface area contributed by atoms with Crippen LogP contribution < -0.4 is 11.2 Å². The van der Waals surface area contributed by atoms with E-state index in [1.807, 2.05) is 66.4 Å². The molecule has 0 saturated heterocycles. The summed E-state index contributed by atoms with van der Waals surface area (Å²) < 4.78 is 4.31. The molecule has 0 fully saturated rings. The fourth-order valence-corrected chi connectivity index (χ4v) is 4.24. The van der Waals surface area contributed by atoms with Gasteiger partial charge < -0.3 is 9.67 Å². The van der Waals surface area contributed by atoms with Crippen molar-refractivity contribution in [2.75, 3.05) is 0 Å². The van der Waals surface area contributed by atoms with E-state index in [0.29, 0.717) is 22.4 Å². The third-order valence-electron chi connectivity index (χ3n) is 5.79. The van der Waals surface area contributed by atoms with Gasteiger partial charge in [0.05, 0.1) is 17.4 Å². The van der Waals surface area contributed by atoms with Crippen molar-refractivity contribution in [2.24, 2.45) is 13.0 Å². The van der Waals surface area contributed by atoms with Gasteiger partial charge in [0.25, 0.3) is 5.56 Å². The Balaban J connectivity index is 1.98. The molecular formula is C26H27N3O4. The fourth-order valence-electron chi connectivity index (χ4n) is 4.24. The monoisotopic (exact) mass is 445 g/mol. The zero-order valence-electron chi connectivity index (χ0n) is 19.0. The second-order valence-electron chi connectivity index (χ2n) is 8.71. The zero-order valence-corrected chi connectivity index (χ0v) is 19.0. The molecule has 0 aliphatic heterocycles. The largest absolute Gasteiger partial charge is 0.480 e. The summed E-state index contributed by atoms with van der Waals surface area (Å²) in [6.45, 7) is 3.74. The number of carboxylic acids is 1. The van der Waals surface area contributed by atoms with Gasteiger partial charge >= 0.3 is 11.7 Å². The minimum Gasteiger partial charge on any atom is -0.480 e. The van der Waals surface area contributed by atoms with Crippen LogP contribution in [0.3, 0.4) is 0 Å². The van der Waals surface area contributed by atoms with Gasteiger partial charge in [-0.2, -0.15) is 0 Å². The number of aromatic nitrogens is 3. The maximum Gasteiger partial charge on any atom is 0.332 e. The number of nitrogens with zero attached hydrogens (tertiary/aromatic N) is 3. The van der Waals surface area contributed by atoms with E-state index in [2.05, 4.69) is 13.8 Å². The molecule has 0 saturated carbocycles. The number of fused-ring (bicyclic) bond motifs is 2. The average molecular weight is 446 g/mol. The summed E-state index contributed by atoms with van der Waals surface area (Å²) in [5.74, 6) is -0.775. The summed E-state index contributed by atoms with van der Waals surface area (Å²) in [6, 6.07) is 13.3. The second kappa shape index (κ2) is 8.94. The molecule has 0 amide bonds. The molecule has 0 spiro atoms. The maximum atomic E-state index is 13.3. The van der Waals surface area contributed by atoms with Crippen molar-refractivity contribution >= 4 is 33.9 Å². The van der Waals surface area contributed by atoms with Gasteiger partial charge in [-0.3, -0.25) is 14.2 Å². The van der Waals surface area contributed by atoms with Gasteiger partial charge in [-0.25, -0.2) is 9.36 Å². The van der Waals surface area contributed by atoms with Gasteiger partial charge in [0, 0.05) is 24.1 Å². The lowest BCUT2D eigenvalue weighted by Gasteiger charge is -2.14. The van der Waals surface area contributed by atoms with E-state index < -0.39 is 23.8 Å². The number of allylic oxidation sites excluding steroid dienone is 1. The van der Waals surface area contributed by atoms with Gasteiger partial charge in [-0.15, -0.1) is 0 Å². The fraction of sp³-hybridized carbons (Fsp3) is 0.269. The number of aryl methyl sites for hydroxylation is 1. The molecule has 4 aromatic rings. The van der Waals surface area contributed by atoms with Crippen molar-refractivity contribution in [3.8, 4) is 0 Å². The Hall–Kier alpha value is -3.87. The summed E-state index contributed by atoms with van der Waals surface area (Å²) in [5, 5.41) is 10.7. The van der Waals surface area contributed by atoms with Crippen LogP contribution in [0.4, 0.5) is 0 Å². The molecule has 4 rings (SSSR count). The lowest BCUT2D eigenvalue weighted by Crippen LogP contribution is -2.42. The van der Waals surface area contributed by atoms with Crippen LogP contribution in [0.2, 0.25) is 0 Å². The molecule has 0 atom stereocenters. The number of carbonyl (C=O) groups is 1. The molecule has 7 heteroatoms. The molecule has 2 heterocycles. The van der Waals surface area contributed by atoms with E-state index in [0.717, 1.165) is 27.5 Å². The number of carboxylic acid groups (broad SMARTS) is 1. The molecule has 0 aliphatic carbocycles. The van der Waals surface area contributed by atoms with Crippen LogP contribution in [0.5, 0.6) is 0 Å². The standard InChI is InChI=1S/C26H27N3O4/c1-17(2)8-6-9-18-10-7-13-22-24(18)25(32)29(16-23(30)31)26(33)28(22)15-19-14-27(3)21-12-5-4-11-20(19)21/h4-7,9-14,17H,8,15-16H2,1-3H3,(H,30,31). The van der Waals surface area contributed by atoms with Crippen LogP contribution in [0.15, 0.2) is 64.3 Å². The summed E-state index contributed by atoms with van der Waals surface area (Å²) >= 11 is 0. The molecule has 7 nitrogen and oxygen atoms in total. The predicted molar refractivity (Wildman–Crippen MR) is 131 cm³/mol. The van der Waals surface area contributed by atoms with Crippen LogP contribution in [0, 0.1) is 5.92 Å². The van der Waals surface area contributed by atoms with Crippen molar-refractivity contribution in [1.29, 1.82) is 0 Å². The average Bonchev–Trinajstić information content (AvgIpc) is 3.09. The lowest BCUT2D eigenvalue weighted by atomic mass is 10.1. The summed E-state index contributed by atoms with van der Waals surface area (Å²) in [7, 11) is 1.94. The molecule has 0 bridgehead atoms. The highest BCUT2D eigenvalue weighted by molar-refractivity contribution is 5.88. The minimum atomic E-state index is -1.24. The molecule has 0 unspecified atom stereocenters. The van der Waals surface area contributed by atoms with Crippen molar-refractivity contribution in [3.05, 3.63) is 86.7 Å². The van der Waals surface area contributed by atoms with Crippen molar-refractivity contribution in [1.82, 2.24) is 13.7 Å². The molecular weight excluding hydrogens is 418 g/mol. The number of benzene rings is 2. The Labute approximate surface area is 190 Å². The Morgan fingerprint density at radius 3 is 2.48 bits per heavy atom. The van der Waals surface area contributed by atoms with Crippen LogP contribution in [0.25, 0.3) is 27.9 Å². The van der Waals surface area contributed by atoms with E-state index in [1.165, 1.54) is 4.57 Å². The molecule has 33 heavy (non-hydrogen) atoms. The summed E-state index contributed by atoms with van der Waals surface area (Å²) in [4.78, 5) is 38.1. The first-order chi connectivity index (χ1) is 15.8. The smallest absolute Gasteiger partial charge is 0.332 e. The third kappa shape index (κ3) is 4.26. The molecule has 1 N–H and O–H groups in total. The first-order valence-electron chi connectivity index (χ1n) is 11.0. The van der Waals surface area contributed by atoms with Crippen LogP contribution >= 0.6 is 0 Å². The van der Waals surface area contributed by atoms with E-state index >= 15 is 0 Å². The normalized spacial score (nSPS) is 11.9. The highest BCUT2D eigenvalue weighted by atomic mass is 16.4. The van der Waals surface area contributed by atoms with Gasteiger partial charge in [0.15, 0.2) is 0 Å². The first-order valence-corrected chi connectivity index (χ1v) is 11.0. The van der Waals surface area contributed by atoms with Crippen LogP contribution in [0.1, 0.15) is 31.4 Å². The molecule has 2 aromatic heterocycles. The van der Waals surface area contributed by atoms with Crippen LogP contribution in [-0.4, -0.2) is 24.8 Å². The molecule has 170 valence electrons. The van der Waals surface area contributed by atoms with E-state index in [9.17, 15) is 19.5 Å². The van der Waals surface area contributed by atoms with Gasteiger partial charge in [0.2, 0.25) is 0 Å². The highest BCUT2D eigenvalue weighted by Crippen LogP contribution is 2.23. The summed E-state index contributed by atoms with van der Waals surface area (Å²) in [5.41, 5.74) is 1.89. The first kappa shape index (κ1) is 22.3. The Morgan fingerprint density at radius 2 is 1.76 bits per heavy atom. The highest BCUT2D eigenvalue weighted by Gasteiger charge is 2.18. The Kier molecular flexibility index (Phi) is 6.05. The number of hydrogen-bond donors (Lipinski definition) is 1. The Morgan fingerprint density at radius 1 is 1.03 bits per heavy atom. The summed E-state index contributed by atoms with van der Waals surface area (Å²) in [6.07, 6.45) is 6.68. The number of rotatable bonds is 7. The maximum absolute atomic E-state index is 13.3. The SMILES string of the molecule is CC(C)CC=Cc1cccc2c1c(=O)n(CC(=O)O)c(=O)n2Cc1cn(C)c2ccccc12. The van der Waals surface area contributed by atoms with Crippen molar-refractivity contribution in [3.63, 3.8) is 0 Å². The molecule has 2 aromatic carbocycles. The van der Waals surface area contributed by atoms with E-state index in [1.54, 1.807) is 6.07 Å². The van der Waals surface area contributed by atoms with E-state index in [-0.39, 0.29) is 6.54 Å². The quantitative estimate of drug-likeness (QED) is 0.468. The van der Waals surface area contributed by atoms with Gasteiger partial charge in [-0.1, -0.05) is 56.3 Å². The topological polar surface area (TPSA) is 86.2 Å². The van der Waals surface area contributed by atoms with Crippen molar-refractivity contribution in [2.45, 2.75) is 33.4 Å². The molecule has 0 aliphatic rings. The lowest BCUT2D eigenvalue weighted by molar-refractivity contribution is -0.137. The number of hydrogen-bond acceptors (Lipinski definition) is 3. The van der Waals surface area contributed by atoms with E-state index in [4.69, 9.17) is 0 Å². The van der Waals surface area contributed by atoms with Crippen molar-refractivity contribution < 1.29 is 9.90 Å². The molecule has 0 radical (unpaired) electrons. The van der Waals surface area contributed by atoms with Crippen LogP contribution in [-0.2, 0) is 24.9 Å². The second-order valence-corrected chi connectivity index (χ2v) is 8.71. The predicted octanol–water partition coefficient (Wildman–Crippen LogP) is 3.85. The zero-order chi connectivity index (χ0) is 23.7. The number of para-hydroxylation sites is 1. The van der Waals surface area contributed by atoms with Gasteiger partial charge in [-0.05, 0) is 35.6 Å². The third-order valence-corrected chi connectivity index (χ3v) is 5.79. The minimum absolute atomic E-state index is 0.218. The van der Waals surface area contributed by atoms with Gasteiger partial charge in [0.1, 0.15) is 6.54 Å². The number of aliphatic carboxylic acids is 1.